The zero-order valence-corrected chi connectivity index (χ0v) is 21.0. The molecule has 1 aromatic rings. The molecule has 0 N–H and O–H groups in total. The Morgan fingerprint density at radius 3 is 2.68 bits per heavy atom. The quantitative estimate of drug-likeness (QED) is 0.180. The summed E-state index contributed by atoms with van der Waals surface area (Å²) in [6.07, 6.45) is 2.74. The number of carbonyl (C=O) groups excluding carboxylic acids is 2. The van der Waals surface area contributed by atoms with Crippen molar-refractivity contribution in [3.05, 3.63) is 29.6 Å². The van der Waals surface area contributed by atoms with Gasteiger partial charge in [0.15, 0.2) is 5.62 Å². The molecule has 1 atom stereocenters. The van der Waals surface area contributed by atoms with Gasteiger partial charge in [-0.15, -0.1) is 0 Å². The van der Waals surface area contributed by atoms with Crippen LogP contribution in [-0.4, -0.2) is 85.6 Å². The topological polar surface area (TPSA) is 83.8 Å². The predicted octanol–water partition coefficient (Wildman–Crippen LogP) is 3.28. The molecule has 0 amide bonds. The van der Waals surface area contributed by atoms with Crippen molar-refractivity contribution in [2.45, 2.75) is 44.4 Å². The fourth-order valence-corrected chi connectivity index (χ4v) is 4.18. The highest BCUT2D eigenvalue weighted by molar-refractivity contribution is 8.12. The van der Waals surface area contributed by atoms with Gasteiger partial charge in [0, 0.05) is 45.0 Å². The van der Waals surface area contributed by atoms with Gasteiger partial charge >= 0.3 is 6.02 Å². The average Bonchev–Trinajstić information content (AvgIpc) is 2.82. The number of ether oxygens (including phenoxy) is 1. The molecule has 1 saturated heterocycles. The lowest BCUT2D eigenvalue weighted by Crippen LogP contribution is -2.46. The fourth-order valence-electron chi connectivity index (χ4n) is 3.69. The zero-order chi connectivity index (χ0) is 24.9. The number of likely N-dealkylation sites (N-methyl/N-ethyl adjacent to an activating group) is 1. The van der Waals surface area contributed by atoms with Crippen LogP contribution in [0.15, 0.2) is 28.3 Å². The van der Waals surface area contributed by atoms with E-state index in [9.17, 15) is 14.0 Å². The van der Waals surface area contributed by atoms with Crippen molar-refractivity contribution in [3.8, 4) is 5.75 Å². The molecule has 188 valence electrons. The van der Waals surface area contributed by atoms with Crippen molar-refractivity contribution < 1.29 is 23.6 Å². The van der Waals surface area contributed by atoms with Crippen LogP contribution in [0.4, 0.5) is 4.39 Å². The highest BCUT2D eigenvalue weighted by Gasteiger charge is 2.25. The van der Waals surface area contributed by atoms with E-state index in [0.29, 0.717) is 60.9 Å². The van der Waals surface area contributed by atoms with Gasteiger partial charge in [-0.2, -0.15) is 0 Å². The molecule has 1 aliphatic rings. The van der Waals surface area contributed by atoms with Crippen LogP contribution in [0.5, 0.6) is 5.75 Å². The number of oxime groups is 1. The van der Waals surface area contributed by atoms with E-state index in [-0.39, 0.29) is 6.42 Å². The lowest BCUT2D eigenvalue weighted by atomic mass is 10.0. The maximum Gasteiger partial charge on any atom is 0.317 e. The van der Waals surface area contributed by atoms with Crippen molar-refractivity contribution in [1.82, 2.24) is 9.80 Å². The normalized spacial score (nSPS) is 15.9. The first kappa shape index (κ1) is 27.8. The van der Waals surface area contributed by atoms with Crippen LogP contribution in [0.2, 0.25) is 0 Å². The molecule has 0 bridgehead atoms. The number of aliphatic imine (C=N–C) groups is 1. The van der Waals surface area contributed by atoms with E-state index >= 15 is 0 Å². The summed E-state index contributed by atoms with van der Waals surface area (Å²) in [6.45, 7) is 11.1. The molecule has 0 aromatic heterocycles. The van der Waals surface area contributed by atoms with Gasteiger partial charge in [0.05, 0.1) is 5.25 Å². The predicted molar refractivity (Wildman–Crippen MR) is 135 cm³/mol. The van der Waals surface area contributed by atoms with Crippen LogP contribution in [0.25, 0.3) is 0 Å². The Morgan fingerprint density at radius 2 is 2.09 bits per heavy atom. The number of hydrogen-bond donors (Lipinski definition) is 0. The summed E-state index contributed by atoms with van der Waals surface area (Å²) in [5.74, 6) is 0.435. The monoisotopic (exact) mass is 494 g/mol. The van der Waals surface area contributed by atoms with Gasteiger partial charge in [-0.25, -0.2) is 9.38 Å². The zero-order valence-electron chi connectivity index (χ0n) is 20.2. The first-order valence-electron chi connectivity index (χ1n) is 11.5. The Balaban J connectivity index is 1.79. The molecule has 0 radical (unpaired) electrons. The Hall–Kier alpha value is -2.46. The third-order valence-corrected chi connectivity index (χ3v) is 6.38. The summed E-state index contributed by atoms with van der Waals surface area (Å²) in [5, 5.41) is 2.96. The van der Waals surface area contributed by atoms with Gasteiger partial charge in [0.1, 0.15) is 24.5 Å². The molecule has 1 aromatic carbocycles. The van der Waals surface area contributed by atoms with E-state index in [1.54, 1.807) is 12.1 Å². The van der Waals surface area contributed by atoms with Gasteiger partial charge in [-0.05, 0) is 43.9 Å². The average molecular weight is 495 g/mol. The van der Waals surface area contributed by atoms with Gasteiger partial charge in [-0.1, -0.05) is 36.8 Å². The van der Waals surface area contributed by atoms with Crippen LogP contribution in [0, 0.1) is 11.7 Å². The van der Waals surface area contributed by atoms with Crippen molar-refractivity contribution in [2.75, 3.05) is 39.8 Å². The van der Waals surface area contributed by atoms with Crippen molar-refractivity contribution >= 4 is 36.4 Å². The van der Waals surface area contributed by atoms with Crippen molar-refractivity contribution in [1.29, 1.82) is 0 Å². The Kier molecular flexibility index (Phi) is 12.0. The van der Waals surface area contributed by atoms with E-state index in [4.69, 9.17) is 9.57 Å². The first-order chi connectivity index (χ1) is 16.4. The van der Waals surface area contributed by atoms with Crippen LogP contribution in [0.1, 0.15) is 32.3 Å². The smallest absolute Gasteiger partial charge is 0.317 e. The van der Waals surface area contributed by atoms with Gasteiger partial charge in [0.2, 0.25) is 0 Å². The summed E-state index contributed by atoms with van der Waals surface area (Å²) in [4.78, 5) is 35.7. The first-order valence-corrected chi connectivity index (χ1v) is 12.4. The molecule has 0 aliphatic carbocycles. The van der Waals surface area contributed by atoms with E-state index in [1.807, 2.05) is 0 Å². The Morgan fingerprint density at radius 1 is 1.35 bits per heavy atom. The third kappa shape index (κ3) is 9.06. The SMILES string of the molecule is C=NOC(=NCC(C)C)N1CCC(N(C)CCOc2ccc(CC(C=O)SC=O)c(F)c2)CC1. The Labute approximate surface area is 205 Å². The number of thioether (sulfide) groups is 1. The van der Waals surface area contributed by atoms with Gasteiger partial charge in [0.25, 0.3) is 0 Å². The molecule has 1 heterocycles. The van der Waals surface area contributed by atoms with E-state index in [0.717, 1.165) is 37.7 Å². The number of rotatable bonds is 13. The summed E-state index contributed by atoms with van der Waals surface area (Å²) in [7, 11) is 2.06. The van der Waals surface area contributed by atoms with E-state index < -0.39 is 11.1 Å². The molecular weight excluding hydrogens is 459 g/mol. The largest absolute Gasteiger partial charge is 0.492 e. The summed E-state index contributed by atoms with van der Waals surface area (Å²) < 4.78 is 20.1. The molecule has 2 rings (SSSR count). The molecule has 0 saturated carbocycles. The molecule has 0 spiro atoms. The maximum absolute atomic E-state index is 14.4. The second kappa shape index (κ2) is 14.7. The summed E-state index contributed by atoms with van der Waals surface area (Å²) in [6, 6.07) is 5.55. The molecule has 1 unspecified atom stereocenters. The fraction of sp³-hybridized carbons (Fsp3) is 0.583. The van der Waals surface area contributed by atoms with Gasteiger partial charge in [-0.3, -0.25) is 9.69 Å². The van der Waals surface area contributed by atoms with Crippen LogP contribution >= 0.6 is 11.8 Å². The number of amidine groups is 1. The number of piperidine rings is 1. The number of hydrogen-bond acceptors (Lipinski definition) is 8. The second-order valence-electron chi connectivity index (χ2n) is 8.65. The van der Waals surface area contributed by atoms with Crippen LogP contribution in [0.3, 0.4) is 0 Å². The number of aldehydes is 1. The minimum atomic E-state index is -0.587. The van der Waals surface area contributed by atoms with Crippen LogP contribution in [-0.2, 0) is 20.8 Å². The highest BCUT2D eigenvalue weighted by atomic mass is 32.2. The summed E-state index contributed by atoms with van der Waals surface area (Å²) in [5.41, 5.74) is 0.982. The van der Waals surface area contributed by atoms with Crippen molar-refractivity contribution in [3.63, 3.8) is 0 Å². The molecule has 8 nitrogen and oxygen atoms in total. The number of halogens is 1. The number of benzene rings is 1. The minimum absolute atomic E-state index is 0.165. The lowest BCUT2D eigenvalue weighted by Gasteiger charge is -2.37. The number of nitrogens with zero attached hydrogens (tertiary/aromatic N) is 4. The Bertz CT molecular complexity index is 831. The maximum atomic E-state index is 14.4. The standard InChI is InChI=1S/C24H35FN4O4S/c1-18(2)15-27-24(33-26-3)29-9-7-20(8-10-29)28(4)11-12-32-21-6-5-19(23(25)14-21)13-22(16-30)34-17-31/h5-6,14,16-18,20,22H,3,7-13,15H2,1-2,4H3. The minimum Gasteiger partial charge on any atom is -0.492 e. The molecule has 1 fully saturated rings. The van der Waals surface area contributed by atoms with Crippen LogP contribution < -0.4 is 4.74 Å². The molecule has 34 heavy (non-hydrogen) atoms. The molecule has 1 aliphatic heterocycles. The van der Waals surface area contributed by atoms with E-state index in [1.165, 1.54) is 6.07 Å². The second-order valence-corrected chi connectivity index (χ2v) is 9.72. The summed E-state index contributed by atoms with van der Waals surface area (Å²) >= 11 is 0.846. The molecular formula is C24H35FN4O4S. The number of carbonyl (C=O) groups is 2. The third-order valence-electron chi connectivity index (χ3n) is 5.64. The number of likely N-dealkylation sites (tertiary alicyclic amines) is 1. The highest BCUT2D eigenvalue weighted by Crippen LogP contribution is 2.21. The van der Waals surface area contributed by atoms with Crippen molar-refractivity contribution in [2.24, 2.45) is 16.1 Å². The van der Waals surface area contributed by atoms with Gasteiger partial charge < -0.3 is 19.3 Å². The molecule has 10 heteroatoms. The van der Waals surface area contributed by atoms with E-state index in [2.05, 4.69) is 47.6 Å². The lowest BCUT2D eigenvalue weighted by molar-refractivity contribution is -0.107.